The van der Waals surface area contributed by atoms with Gasteiger partial charge in [-0.3, -0.25) is 0 Å². The van der Waals surface area contributed by atoms with Gasteiger partial charge in [0.1, 0.15) is 11.6 Å². The van der Waals surface area contributed by atoms with Gasteiger partial charge >= 0.3 is 0 Å². The van der Waals surface area contributed by atoms with Gasteiger partial charge < -0.3 is 5.32 Å². The molecule has 0 saturated heterocycles. The molecule has 19 heavy (non-hydrogen) atoms. The lowest BCUT2D eigenvalue weighted by atomic mass is 10.0. The Morgan fingerprint density at radius 1 is 0.789 bits per heavy atom. The number of benzene rings is 2. The van der Waals surface area contributed by atoms with Crippen molar-refractivity contribution < 1.29 is 8.78 Å². The average Bonchev–Trinajstić information content (AvgIpc) is 2.31. The number of nitrogens with one attached hydrogen (secondary N) is 1. The van der Waals surface area contributed by atoms with Gasteiger partial charge in [-0.1, -0.05) is 12.1 Å². The summed E-state index contributed by atoms with van der Waals surface area (Å²) in [4.78, 5) is 0. The van der Waals surface area contributed by atoms with E-state index in [2.05, 4.69) is 31.3 Å². The fourth-order valence-electron chi connectivity index (χ4n) is 2.06. The van der Waals surface area contributed by atoms with Crippen molar-refractivity contribution in [3.8, 4) is 0 Å². The molecule has 2 rings (SSSR count). The third kappa shape index (κ3) is 3.31. The number of aryl methyl sites for hydroxylation is 3. The Morgan fingerprint density at radius 2 is 1.37 bits per heavy atom. The van der Waals surface area contributed by atoms with Crippen LogP contribution in [0, 0.1) is 32.4 Å². The van der Waals surface area contributed by atoms with Gasteiger partial charge in [0.05, 0.1) is 0 Å². The van der Waals surface area contributed by atoms with Gasteiger partial charge in [0.15, 0.2) is 0 Å². The van der Waals surface area contributed by atoms with Crippen LogP contribution in [0.4, 0.5) is 14.5 Å². The summed E-state index contributed by atoms with van der Waals surface area (Å²) in [6.45, 7) is 6.72. The number of halogens is 2. The van der Waals surface area contributed by atoms with Crippen LogP contribution in [0.2, 0.25) is 0 Å². The highest BCUT2D eigenvalue weighted by atomic mass is 19.1. The first-order valence-electron chi connectivity index (χ1n) is 6.22. The van der Waals surface area contributed by atoms with Crippen molar-refractivity contribution in [2.45, 2.75) is 27.3 Å². The Labute approximate surface area is 112 Å². The molecule has 0 amide bonds. The van der Waals surface area contributed by atoms with Gasteiger partial charge in [-0.2, -0.15) is 0 Å². The molecule has 0 bridgehead atoms. The lowest BCUT2D eigenvalue weighted by Crippen LogP contribution is -2.03. The van der Waals surface area contributed by atoms with Crippen molar-refractivity contribution in [1.29, 1.82) is 0 Å². The third-order valence-electron chi connectivity index (χ3n) is 3.30. The van der Waals surface area contributed by atoms with Gasteiger partial charge in [0.2, 0.25) is 0 Å². The van der Waals surface area contributed by atoms with E-state index in [-0.39, 0.29) is 0 Å². The maximum Gasteiger partial charge on any atom is 0.128 e. The molecule has 1 N–H and O–H groups in total. The van der Waals surface area contributed by atoms with E-state index in [9.17, 15) is 8.78 Å². The molecule has 0 unspecified atom stereocenters. The average molecular weight is 261 g/mol. The van der Waals surface area contributed by atoms with E-state index in [4.69, 9.17) is 0 Å². The Balaban J connectivity index is 2.16. The lowest BCUT2D eigenvalue weighted by Gasteiger charge is -2.12. The van der Waals surface area contributed by atoms with Crippen LogP contribution in [-0.2, 0) is 6.54 Å². The van der Waals surface area contributed by atoms with E-state index in [0.29, 0.717) is 12.2 Å². The fraction of sp³-hybridized carbons (Fsp3) is 0.250. The van der Waals surface area contributed by atoms with Crippen molar-refractivity contribution in [2.24, 2.45) is 0 Å². The molecule has 0 aliphatic rings. The predicted octanol–water partition coefficient (Wildman–Crippen LogP) is 4.50. The maximum absolute atomic E-state index is 13.1. The van der Waals surface area contributed by atoms with Crippen molar-refractivity contribution in [3.05, 3.63) is 64.2 Å². The van der Waals surface area contributed by atoms with Crippen molar-refractivity contribution >= 4 is 5.69 Å². The minimum Gasteiger partial charge on any atom is -0.381 e. The van der Waals surface area contributed by atoms with E-state index in [1.807, 2.05) is 6.92 Å². The molecule has 100 valence electrons. The summed E-state index contributed by atoms with van der Waals surface area (Å²) in [5.41, 5.74) is 5.22. The first kappa shape index (κ1) is 13.5. The molecule has 0 radical (unpaired) electrons. The molecule has 0 heterocycles. The second-order valence-corrected chi connectivity index (χ2v) is 4.87. The molecule has 0 aliphatic carbocycles. The van der Waals surface area contributed by atoms with Crippen LogP contribution >= 0.6 is 0 Å². The zero-order valence-electron chi connectivity index (χ0n) is 11.3. The minimum absolute atomic E-state index is 0.454. The van der Waals surface area contributed by atoms with Crippen LogP contribution in [0.25, 0.3) is 0 Å². The zero-order chi connectivity index (χ0) is 14.0. The predicted molar refractivity (Wildman–Crippen MR) is 74.3 cm³/mol. The van der Waals surface area contributed by atoms with Crippen LogP contribution in [0.1, 0.15) is 22.3 Å². The summed E-state index contributed by atoms with van der Waals surface area (Å²) >= 11 is 0. The number of anilines is 1. The number of rotatable bonds is 3. The quantitative estimate of drug-likeness (QED) is 0.857. The van der Waals surface area contributed by atoms with E-state index >= 15 is 0 Å². The van der Waals surface area contributed by atoms with Gasteiger partial charge in [-0.25, -0.2) is 8.78 Å². The highest BCUT2D eigenvalue weighted by Crippen LogP contribution is 2.18. The largest absolute Gasteiger partial charge is 0.381 e. The molecule has 0 atom stereocenters. The molecule has 0 spiro atoms. The van der Waals surface area contributed by atoms with Crippen LogP contribution < -0.4 is 5.32 Å². The van der Waals surface area contributed by atoms with Gasteiger partial charge in [0.25, 0.3) is 0 Å². The Morgan fingerprint density at radius 3 is 2.00 bits per heavy atom. The summed E-state index contributed by atoms with van der Waals surface area (Å²) in [6, 6.07) is 7.68. The van der Waals surface area contributed by atoms with Crippen molar-refractivity contribution in [1.82, 2.24) is 0 Å². The van der Waals surface area contributed by atoms with Crippen LogP contribution in [0.15, 0.2) is 30.3 Å². The first-order chi connectivity index (χ1) is 8.95. The number of hydrogen-bond donors (Lipinski definition) is 1. The fourth-order valence-corrected chi connectivity index (χ4v) is 2.06. The molecule has 0 fully saturated rings. The molecule has 0 saturated carbocycles. The molecular formula is C16H17F2N. The van der Waals surface area contributed by atoms with Crippen LogP contribution in [-0.4, -0.2) is 0 Å². The normalized spacial score (nSPS) is 10.6. The Bertz CT molecular complexity index is 586. The Kier molecular flexibility index (Phi) is 3.84. The van der Waals surface area contributed by atoms with E-state index in [1.165, 1.54) is 28.8 Å². The summed E-state index contributed by atoms with van der Waals surface area (Å²) in [5, 5.41) is 3.05. The summed E-state index contributed by atoms with van der Waals surface area (Å²) < 4.78 is 26.1. The monoisotopic (exact) mass is 261 g/mol. The van der Waals surface area contributed by atoms with Gasteiger partial charge in [-0.15, -0.1) is 0 Å². The molecule has 2 aromatic rings. The summed E-state index contributed by atoms with van der Waals surface area (Å²) in [6.07, 6.45) is 0. The summed E-state index contributed by atoms with van der Waals surface area (Å²) in [5.74, 6) is -1.14. The van der Waals surface area contributed by atoms with Crippen LogP contribution in [0.3, 0.4) is 0 Å². The first-order valence-corrected chi connectivity index (χ1v) is 6.22. The topological polar surface area (TPSA) is 12.0 Å². The van der Waals surface area contributed by atoms with E-state index in [1.54, 1.807) is 0 Å². The zero-order valence-corrected chi connectivity index (χ0v) is 11.3. The third-order valence-corrected chi connectivity index (χ3v) is 3.30. The molecule has 1 nitrogen and oxygen atoms in total. The molecule has 2 aromatic carbocycles. The highest BCUT2D eigenvalue weighted by molar-refractivity contribution is 5.46. The van der Waals surface area contributed by atoms with Crippen molar-refractivity contribution in [3.63, 3.8) is 0 Å². The second kappa shape index (κ2) is 5.39. The number of hydrogen-bond acceptors (Lipinski definition) is 1. The minimum atomic E-state index is -0.570. The van der Waals surface area contributed by atoms with Crippen LogP contribution in [0.5, 0.6) is 0 Å². The highest BCUT2D eigenvalue weighted by Gasteiger charge is 2.04. The molecule has 3 heteroatoms. The van der Waals surface area contributed by atoms with E-state index in [0.717, 1.165) is 11.6 Å². The van der Waals surface area contributed by atoms with Gasteiger partial charge in [-0.05, 0) is 55.2 Å². The summed E-state index contributed by atoms with van der Waals surface area (Å²) in [7, 11) is 0. The molecule has 0 aliphatic heterocycles. The van der Waals surface area contributed by atoms with Crippen molar-refractivity contribution in [2.75, 3.05) is 5.32 Å². The second-order valence-electron chi connectivity index (χ2n) is 4.87. The molecule has 0 aromatic heterocycles. The Hall–Kier alpha value is -1.90. The molecular weight excluding hydrogens is 244 g/mol. The lowest BCUT2D eigenvalue weighted by molar-refractivity contribution is 0.584. The van der Waals surface area contributed by atoms with Gasteiger partial charge in [0, 0.05) is 18.3 Å². The maximum atomic E-state index is 13.1. The smallest absolute Gasteiger partial charge is 0.128 e. The SMILES string of the molecule is Cc1cc(C)c(CNc2cc(F)cc(F)c2)cc1C. The van der Waals surface area contributed by atoms with E-state index < -0.39 is 11.6 Å². The standard InChI is InChI=1S/C16H17F2N/c1-10-4-12(3)13(5-11(10)2)9-19-16-7-14(17)6-15(18)8-16/h4-8,19H,9H2,1-3H3.